The van der Waals surface area contributed by atoms with E-state index in [9.17, 15) is 0 Å². The van der Waals surface area contributed by atoms with E-state index < -0.39 is 0 Å². The van der Waals surface area contributed by atoms with Crippen LogP contribution >= 0.6 is 12.4 Å². The number of benzene rings is 1. The Labute approximate surface area is 115 Å². The third-order valence-electron chi connectivity index (χ3n) is 3.94. The molecule has 2 heterocycles. The summed E-state index contributed by atoms with van der Waals surface area (Å²) in [4.78, 5) is 2.58. The van der Waals surface area contributed by atoms with Crippen molar-refractivity contribution in [2.24, 2.45) is 11.8 Å². The van der Waals surface area contributed by atoms with Gasteiger partial charge in [-0.05, 0) is 30.5 Å². The van der Waals surface area contributed by atoms with E-state index in [1.165, 1.54) is 31.7 Å². The average molecular weight is 265 g/mol. The van der Waals surface area contributed by atoms with Gasteiger partial charge in [0.15, 0.2) is 0 Å². The maximum atomic E-state index is 3.48. The number of hydrogen-bond donors (Lipinski definition) is 1. The van der Waals surface area contributed by atoms with E-state index >= 15 is 0 Å². The first-order chi connectivity index (χ1) is 8.42. The highest BCUT2D eigenvalue weighted by Crippen LogP contribution is 2.25. The van der Waals surface area contributed by atoms with Gasteiger partial charge < -0.3 is 5.32 Å². The largest absolute Gasteiger partial charge is 0.316 e. The fourth-order valence-electron chi connectivity index (χ4n) is 3.00. The highest BCUT2D eigenvalue weighted by Gasteiger charge is 2.35. The third-order valence-corrected chi connectivity index (χ3v) is 3.94. The number of fused-ring (bicyclic) bond motifs is 1. The van der Waals surface area contributed by atoms with Crippen molar-refractivity contribution in [3.05, 3.63) is 42.0 Å². The first-order valence-corrected chi connectivity index (χ1v) is 6.56. The number of hydrogen-bond acceptors (Lipinski definition) is 2. The molecule has 2 atom stereocenters. The Hall–Kier alpha value is -0.830. The molecule has 0 aromatic heterocycles. The van der Waals surface area contributed by atoms with Crippen molar-refractivity contribution < 1.29 is 0 Å². The van der Waals surface area contributed by atoms with Gasteiger partial charge >= 0.3 is 0 Å². The van der Waals surface area contributed by atoms with E-state index in [-0.39, 0.29) is 12.4 Å². The van der Waals surface area contributed by atoms with Crippen molar-refractivity contribution in [1.29, 1.82) is 0 Å². The zero-order valence-corrected chi connectivity index (χ0v) is 11.4. The molecule has 18 heavy (non-hydrogen) atoms. The minimum Gasteiger partial charge on any atom is -0.316 e. The van der Waals surface area contributed by atoms with E-state index in [0.717, 1.165) is 18.4 Å². The number of nitrogens with zero attached hydrogens (tertiary/aromatic N) is 1. The second-order valence-corrected chi connectivity index (χ2v) is 5.21. The quantitative estimate of drug-likeness (QED) is 0.901. The summed E-state index contributed by atoms with van der Waals surface area (Å²) in [6.45, 7) is 6.10. The Kier molecular flexibility index (Phi) is 4.81. The van der Waals surface area contributed by atoms with E-state index in [0.29, 0.717) is 0 Å². The SMILES string of the molecule is C(=C\c1ccccc1)/CN1C[C@H]2CNC[C@H]2C1.Cl. The van der Waals surface area contributed by atoms with Gasteiger partial charge in [0, 0.05) is 19.6 Å². The van der Waals surface area contributed by atoms with Crippen LogP contribution in [0.2, 0.25) is 0 Å². The van der Waals surface area contributed by atoms with Crippen molar-refractivity contribution in [3.8, 4) is 0 Å². The van der Waals surface area contributed by atoms with Gasteiger partial charge in [-0.1, -0.05) is 42.5 Å². The molecule has 2 saturated heterocycles. The molecule has 0 bridgehead atoms. The van der Waals surface area contributed by atoms with Crippen LogP contribution in [0.15, 0.2) is 36.4 Å². The maximum Gasteiger partial charge on any atom is 0.0166 e. The second-order valence-electron chi connectivity index (χ2n) is 5.21. The Morgan fingerprint density at radius 3 is 2.44 bits per heavy atom. The molecule has 3 heteroatoms. The van der Waals surface area contributed by atoms with Crippen molar-refractivity contribution >= 4 is 18.5 Å². The van der Waals surface area contributed by atoms with Crippen LogP contribution in [0.3, 0.4) is 0 Å². The summed E-state index contributed by atoms with van der Waals surface area (Å²) in [7, 11) is 0. The van der Waals surface area contributed by atoms with Gasteiger partial charge in [0.05, 0.1) is 0 Å². The summed E-state index contributed by atoms with van der Waals surface area (Å²) < 4.78 is 0. The zero-order valence-electron chi connectivity index (χ0n) is 10.6. The van der Waals surface area contributed by atoms with E-state index in [4.69, 9.17) is 0 Å². The van der Waals surface area contributed by atoms with Crippen LogP contribution in [0.25, 0.3) is 6.08 Å². The van der Waals surface area contributed by atoms with E-state index in [1.807, 2.05) is 0 Å². The predicted molar refractivity (Wildman–Crippen MR) is 79.0 cm³/mol. The summed E-state index contributed by atoms with van der Waals surface area (Å²) in [5.41, 5.74) is 1.30. The third kappa shape index (κ3) is 3.14. The van der Waals surface area contributed by atoms with Gasteiger partial charge in [0.25, 0.3) is 0 Å². The number of rotatable bonds is 3. The van der Waals surface area contributed by atoms with Crippen LogP contribution in [0, 0.1) is 11.8 Å². The van der Waals surface area contributed by atoms with Gasteiger partial charge in [-0.3, -0.25) is 4.90 Å². The van der Waals surface area contributed by atoms with Crippen molar-refractivity contribution in [1.82, 2.24) is 10.2 Å². The normalized spacial score (nSPS) is 27.3. The Morgan fingerprint density at radius 2 is 1.78 bits per heavy atom. The van der Waals surface area contributed by atoms with Gasteiger partial charge in [0.1, 0.15) is 0 Å². The monoisotopic (exact) mass is 264 g/mol. The molecule has 2 aliphatic heterocycles. The molecule has 0 saturated carbocycles. The van der Waals surface area contributed by atoms with Crippen molar-refractivity contribution in [2.45, 2.75) is 0 Å². The molecule has 1 aromatic rings. The smallest absolute Gasteiger partial charge is 0.0166 e. The molecule has 2 aliphatic rings. The molecule has 2 fully saturated rings. The second kappa shape index (κ2) is 6.37. The summed E-state index contributed by atoms with van der Waals surface area (Å²) in [6.07, 6.45) is 4.52. The molecule has 0 aliphatic carbocycles. The highest BCUT2D eigenvalue weighted by atomic mass is 35.5. The fraction of sp³-hybridized carbons (Fsp3) is 0.467. The topological polar surface area (TPSA) is 15.3 Å². The lowest BCUT2D eigenvalue weighted by Gasteiger charge is -2.13. The summed E-state index contributed by atoms with van der Waals surface area (Å²) >= 11 is 0. The van der Waals surface area contributed by atoms with Crippen molar-refractivity contribution in [2.75, 3.05) is 32.7 Å². The lowest BCUT2D eigenvalue weighted by molar-refractivity contribution is 0.347. The molecule has 98 valence electrons. The van der Waals surface area contributed by atoms with E-state index in [2.05, 4.69) is 52.7 Å². The minimum atomic E-state index is 0. The van der Waals surface area contributed by atoms with Crippen LogP contribution in [0.5, 0.6) is 0 Å². The average Bonchev–Trinajstić information content (AvgIpc) is 2.91. The van der Waals surface area contributed by atoms with Crippen LogP contribution < -0.4 is 5.32 Å². The Balaban J connectivity index is 0.00000120. The van der Waals surface area contributed by atoms with Crippen LogP contribution in [-0.4, -0.2) is 37.6 Å². The predicted octanol–water partition coefficient (Wildman–Crippen LogP) is 2.27. The Bertz CT molecular complexity index is 379. The highest BCUT2D eigenvalue weighted by molar-refractivity contribution is 5.85. The van der Waals surface area contributed by atoms with Gasteiger partial charge in [0.2, 0.25) is 0 Å². The van der Waals surface area contributed by atoms with Crippen LogP contribution in [0.4, 0.5) is 0 Å². The van der Waals surface area contributed by atoms with Gasteiger partial charge in [-0.15, -0.1) is 12.4 Å². The molecule has 3 rings (SSSR count). The standard InChI is InChI=1S/C15H20N2.ClH/c1-2-5-13(6-3-1)7-4-8-17-11-14-9-16-10-15(14)12-17;/h1-7,14-16H,8-12H2;1H/b7-4+;/t14-,15+;. The molecule has 0 spiro atoms. The lowest BCUT2D eigenvalue weighted by atomic mass is 10.0. The molecular formula is C15H21ClN2. The summed E-state index contributed by atoms with van der Waals surface area (Å²) in [6, 6.07) is 10.5. The Morgan fingerprint density at radius 1 is 1.11 bits per heavy atom. The minimum absolute atomic E-state index is 0. The molecule has 2 nitrogen and oxygen atoms in total. The number of nitrogens with one attached hydrogen (secondary N) is 1. The molecule has 1 N–H and O–H groups in total. The van der Waals surface area contributed by atoms with Crippen molar-refractivity contribution in [3.63, 3.8) is 0 Å². The first-order valence-electron chi connectivity index (χ1n) is 6.56. The summed E-state index contributed by atoms with van der Waals surface area (Å²) in [5, 5.41) is 3.48. The van der Waals surface area contributed by atoms with E-state index in [1.54, 1.807) is 0 Å². The number of likely N-dealkylation sites (tertiary alicyclic amines) is 1. The van der Waals surface area contributed by atoms with Crippen LogP contribution in [0.1, 0.15) is 5.56 Å². The lowest BCUT2D eigenvalue weighted by Crippen LogP contribution is -2.25. The van der Waals surface area contributed by atoms with Gasteiger partial charge in [-0.25, -0.2) is 0 Å². The molecule has 1 aromatic carbocycles. The maximum absolute atomic E-state index is 3.48. The van der Waals surface area contributed by atoms with Crippen LogP contribution in [-0.2, 0) is 0 Å². The summed E-state index contributed by atoms with van der Waals surface area (Å²) in [5.74, 6) is 1.81. The molecule has 0 radical (unpaired) electrons. The molecule has 0 unspecified atom stereocenters. The zero-order chi connectivity index (χ0) is 11.5. The first kappa shape index (κ1) is 13.6. The van der Waals surface area contributed by atoms with Gasteiger partial charge in [-0.2, -0.15) is 0 Å². The molecule has 0 amide bonds. The fourth-order valence-corrected chi connectivity index (χ4v) is 3.00. The number of halogens is 1. The molecular weight excluding hydrogens is 244 g/mol.